The summed E-state index contributed by atoms with van der Waals surface area (Å²) in [4.78, 5) is 14.3. The number of esters is 1. The van der Waals surface area contributed by atoms with Crippen LogP contribution in [-0.4, -0.2) is 49.2 Å². The molecular weight excluding hydrogens is 240 g/mol. The van der Waals surface area contributed by atoms with Crippen molar-refractivity contribution in [3.05, 3.63) is 0 Å². The summed E-state index contributed by atoms with van der Waals surface area (Å²) in [5.74, 6) is -0.150. The van der Waals surface area contributed by atoms with Crippen molar-refractivity contribution in [2.24, 2.45) is 0 Å². The standard InChI is InChI=1S/C15H30N2O2/c1-5-17(13-9-7-6-8-10-13)11-14(15(18)19-4)16-12(2)3/h12-14,16H,5-11H2,1-4H3. The highest BCUT2D eigenvalue weighted by Crippen LogP contribution is 2.22. The minimum Gasteiger partial charge on any atom is -0.468 e. The summed E-state index contributed by atoms with van der Waals surface area (Å²) >= 11 is 0. The number of ether oxygens (including phenoxy) is 1. The maximum Gasteiger partial charge on any atom is 0.324 e. The quantitative estimate of drug-likeness (QED) is 0.720. The molecule has 1 unspecified atom stereocenters. The number of nitrogens with zero attached hydrogens (tertiary/aromatic N) is 1. The van der Waals surface area contributed by atoms with Crippen molar-refractivity contribution in [1.29, 1.82) is 0 Å². The minimum atomic E-state index is -0.216. The molecule has 0 radical (unpaired) electrons. The highest BCUT2D eigenvalue weighted by atomic mass is 16.5. The smallest absolute Gasteiger partial charge is 0.324 e. The van der Waals surface area contributed by atoms with Crippen molar-refractivity contribution in [3.63, 3.8) is 0 Å². The lowest BCUT2D eigenvalue weighted by Gasteiger charge is -2.35. The van der Waals surface area contributed by atoms with Crippen molar-refractivity contribution in [2.75, 3.05) is 20.2 Å². The molecule has 0 aromatic heterocycles. The van der Waals surface area contributed by atoms with Crippen LogP contribution in [0.15, 0.2) is 0 Å². The number of carbonyl (C=O) groups is 1. The first-order valence-corrected chi connectivity index (χ1v) is 7.66. The van der Waals surface area contributed by atoms with Crippen LogP contribution in [0.2, 0.25) is 0 Å². The Labute approximate surface area is 117 Å². The molecule has 0 aromatic carbocycles. The van der Waals surface area contributed by atoms with Crippen LogP contribution in [0.1, 0.15) is 52.9 Å². The molecule has 4 heteroatoms. The van der Waals surface area contributed by atoms with Gasteiger partial charge in [-0.05, 0) is 19.4 Å². The van der Waals surface area contributed by atoms with Crippen molar-refractivity contribution in [1.82, 2.24) is 10.2 Å². The molecule has 1 atom stereocenters. The molecule has 1 N–H and O–H groups in total. The van der Waals surface area contributed by atoms with Crippen molar-refractivity contribution in [2.45, 2.75) is 71.0 Å². The van der Waals surface area contributed by atoms with Crippen molar-refractivity contribution in [3.8, 4) is 0 Å². The van der Waals surface area contributed by atoms with Gasteiger partial charge in [0.25, 0.3) is 0 Å². The van der Waals surface area contributed by atoms with Crippen molar-refractivity contribution >= 4 is 5.97 Å². The second-order valence-electron chi connectivity index (χ2n) is 5.78. The van der Waals surface area contributed by atoms with Gasteiger partial charge in [-0.3, -0.25) is 9.69 Å². The van der Waals surface area contributed by atoms with E-state index in [1.807, 2.05) is 0 Å². The molecule has 1 aliphatic carbocycles. The Kier molecular flexibility index (Phi) is 7.39. The van der Waals surface area contributed by atoms with E-state index in [0.717, 1.165) is 13.1 Å². The summed E-state index contributed by atoms with van der Waals surface area (Å²) in [6, 6.07) is 0.709. The lowest BCUT2D eigenvalue weighted by Crippen LogP contribution is -2.51. The molecule has 0 saturated heterocycles. The van der Waals surface area contributed by atoms with E-state index < -0.39 is 0 Å². The number of hydrogen-bond donors (Lipinski definition) is 1. The first-order valence-electron chi connectivity index (χ1n) is 7.66. The van der Waals surface area contributed by atoms with E-state index in [0.29, 0.717) is 6.04 Å². The zero-order chi connectivity index (χ0) is 14.3. The highest BCUT2D eigenvalue weighted by molar-refractivity contribution is 5.76. The first kappa shape index (κ1) is 16.4. The molecule has 0 spiro atoms. The minimum absolute atomic E-state index is 0.150. The number of carbonyl (C=O) groups excluding carboxylic acids is 1. The SMILES string of the molecule is CCN(CC(NC(C)C)C(=O)OC)C1CCCCC1. The van der Waals surface area contributed by atoms with Gasteiger partial charge < -0.3 is 10.1 Å². The van der Waals surface area contributed by atoms with Crippen LogP contribution in [0, 0.1) is 0 Å². The van der Waals surface area contributed by atoms with Crippen LogP contribution >= 0.6 is 0 Å². The fourth-order valence-electron chi connectivity index (χ4n) is 2.96. The Morgan fingerprint density at radius 2 is 1.95 bits per heavy atom. The second-order valence-corrected chi connectivity index (χ2v) is 5.78. The Morgan fingerprint density at radius 1 is 1.32 bits per heavy atom. The predicted octanol–water partition coefficient (Wildman–Crippen LogP) is 2.18. The topological polar surface area (TPSA) is 41.6 Å². The third kappa shape index (κ3) is 5.49. The molecule has 19 heavy (non-hydrogen) atoms. The average molecular weight is 270 g/mol. The summed E-state index contributed by atoms with van der Waals surface area (Å²) in [6.07, 6.45) is 6.54. The number of rotatable bonds is 7. The number of nitrogens with one attached hydrogen (secondary N) is 1. The molecule has 0 amide bonds. The van der Waals surface area contributed by atoms with Gasteiger partial charge in [0.2, 0.25) is 0 Å². The third-order valence-electron chi connectivity index (χ3n) is 3.93. The van der Waals surface area contributed by atoms with Gasteiger partial charge in [0, 0.05) is 18.6 Å². The zero-order valence-electron chi connectivity index (χ0n) is 12.9. The first-order chi connectivity index (χ1) is 9.08. The fourth-order valence-corrected chi connectivity index (χ4v) is 2.96. The van der Waals surface area contributed by atoms with Gasteiger partial charge in [-0.25, -0.2) is 0 Å². The zero-order valence-corrected chi connectivity index (χ0v) is 12.9. The maximum atomic E-state index is 11.9. The van der Waals surface area contributed by atoms with Gasteiger partial charge in [-0.1, -0.05) is 40.0 Å². The number of likely N-dealkylation sites (N-methyl/N-ethyl adjacent to an activating group) is 1. The van der Waals surface area contributed by atoms with E-state index in [-0.39, 0.29) is 18.1 Å². The van der Waals surface area contributed by atoms with Crippen LogP contribution in [0.5, 0.6) is 0 Å². The lowest BCUT2D eigenvalue weighted by molar-refractivity contribution is -0.144. The van der Waals surface area contributed by atoms with Crippen LogP contribution in [0.4, 0.5) is 0 Å². The van der Waals surface area contributed by atoms with Gasteiger partial charge >= 0.3 is 5.97 Å². The molecule has 1 fully saturated rings. The van der Waals surface area contributed by atoms with E-state index in [9.17, 15) is 4.79 Å². The molecule has 112 valence electrons. The summed E-state index contributed by atoms with van der Waals surface area (Å²) in [7, 11) is 1.47. The average Bonchev–Trinajstić information content (AvgIpc) is 2.43. The summed E-state index contributed by atoms with van der Waals surface area (Å²) in [6.45, 7) is 8.06. The molecule has 1 saturated carbocycles. The summed E-state index contributed by atoms with van der Waals surface area (Å²) in [5, 5.41) is 3.32. The normalized spacial score (nSPS) is 18.8. The number of hydrogen-bond acceptors (Lipinski definition) is 4. The van der Waals surface area contributed by atoms with Crippen LogP contribution < -0.4 is 5.32 Å². The highest BCUT2D eigenvalue weighted by Gasteiger charge is 2.27. The van der Waals surface area contributed by atoms with Crippen LogP contribution in [-0.2, 0) is 9.53 Å². The monoisotopic (exact) mass is 270 g/mol. The second kappa shape index (κ2) is 8.54. The Hall–Kier alpha value is -0.610. The molecule has 0 heterocycles. The Balaban J connectivity index is 2.59. The van der Waals surface area contributed by atoms with E-state index >= 15 is 0 Å². The van der Waals surface area contributed by atoms with Crippen LogP contribution in [0.25, 0.3) is 0 Å². The van der Waals surface area contributed by atoms with Gasteiger partial charge in [-0.15, -0.1) is 0 Å². The molecule has 0 aliphatic heterocycles. The maximum absolute atomic E-state index is 11.9. The summed E-state index contributed by atoms with van der Waals surface area (Å²) in [5.41, 5.74) is 0. The third-order valence-corrected chi connectivity index (χ3v) is 3.93. The van der Waals surface area contributed by atoms with E-state index in [1.54, 1.807) is 0 Å². The van der Waals surface area contributed by atoms with E-state index in [2.05, 4.69) is 31.0 Å². The van der Waals surface area contributed by atoms with Crippen molar-refractivity contribution < 1.29 is 9.53 Å². The van der Waals surface area contributed by atoms with Crippen LogP contribution in [0.3, 0.4) is 0 Å². The van der Waals surface area contributed by atoms with E-state index in [1.165, 1.54) is 39.2 Å². The molecule has 0 bridgehead atoms. The van der Waals surface area contributed by atoms with Gasteiger partial charge in [0.05, 0.1) is 7.11 Å². The molecule has 1 aliphatic rings. The van der Waals surface area contributed by atoms with Gasteiger partial charge in [0.15, 0.2) is 0 Å². The molecule has 0 aromatic rings. The predicted molar refractivity (Wildman–Crippen MR) is 78.2 cm³/mol. The largest absolute Gasteiger partial charge is 0.468 e. The Bertz CT molecular complexity index is 263. The van der Waals surface area contributed by atoms with Gasteiger partial charge in [-0.2, -0.15) is 0 Å². The Morgan fingerprint density at radius 3 is 2.42 bits per heavy atom. The molecule has 4 nitrogen and oxygen atoms in total. The lowest BCUT2D eigenvalue weighted by atomic mass is 9.94. The summed E-state index contributed by atoms with van der Waals surface area (Å²) < 4.78 is 4.92. The molecule has 1 rings (SSSR count). The molecular formula is C15H30N2O2. The van der Waals surface area contributed by atoms with Gasteiger partial charge in [0.1, 0.15) is 6.04 Å². The fraction of sp³-hybridized carbons (Fsp3) is 0.933. The van der Waals surface area contributed by atoms with E-state index in [4.69, 9.17) is 4.74 Å². The number of methoxy groups -OCH3 is 1.